The van der Waals surface area contributed by atoms with Gasteiger partial charge in [-0.2, -0.15) is 0 Å². The van der Waals surface area contributed by atoms with E-state index in [4.69, 9.17) is 46.4 Å². The van der Waals surface area contributed by atoms with Crippen LogP contribution in [0.1, 0.15) is 0 Å². The molecule has 0 radical (unpaired) electrons. The van der Waals surface area contributed by atoms with Gasteiger partial charge in [0.25, 0.3) is 0 Å². The minimum absolute atomic E-state index is 0. The third-order valence-electron chi connectivity index (χ3n) is 1.57. The monoisotopic (exact) mass is 344 g/mol. The predicted octanol–water partition coefficient (Wildman–Crippen LogP) is 5.98. The Bertz CT molecular complexity index is 382. The Morgan fingerprint density at radius 3 is 0.882 bits per heavy atom. The zero-order valence-electron chi connectivity index (χ0n) is 8.54. The average Bonchev–Trinajstić information content (AvgIpc) is 2.17. The first-order chi connectivity index (χ1) is 7.58. The van der Waals surface area contributed by atoms with Crippen LogP contribution in [-0.4, -0.2) is 0 Å². The van der Waals surface area contributed by atoms with Crippen molar-refractivity contribution in [2.24, 2.45) is 0 Å². The molecule has 0 nitrogen and oxygen atoms in total. The van der Waals surface area contributed by atoms with E-state index in [1.165, 1.54) is 0 Å². The van der Waals surface area contributed by atoms with Crippen molar-refractivity contribution in [2.75, 3.05) is 0 Å². The van der Waals surface area contributed by atoms with Gasteiger partial charge in [-0.25, -0.2) is 0 Å². The van der Waals surface area contributed by atoms with Crippen molar-refractivity contribution in [3.8, 4) is 0 Å². The van der Waals surface area contributed by atoms with Crippen LogP contribution in [0, 0.1) is 0 Å². The van der Waals surface area contributed by atoms with Gasteiger partial charge in [0, 0.05) is 37.5 Å². The molecule has 0 fully saturated rings. The summed E-state index contributed by atoms with van der Waals surface area (Å²) in [6.45, 7) is 0. The van der Waals surface area contributed by atoms with E-state index in [1.807, 2.05) is 12.1 Å². The van der Waals surface area contributed by atoms with Gasteiger partial charge in [-0.05, 0) is 36.4 Å². The van der Waals surface area contributed by atoms with Crippen LogP contribution in [0.2, 0.25) is 20.1 Å². The fourth-order valence-electron chi connectivity index (χ4n) is 0.920. The largest absolute Gasteiger partial charge is 0.0843 e. The molecule has 2 aromatic carbocycles. The third kappa shape index (κ3) is 7.95. The first-order valence-corrected chi connectivity index (χ1v) is 5.91. The molecular formula is C12H8Cl4Cr. The molecule has 0 unspecified atom stereocenters. The van der Waals surface area contributed by atoms with E-state index in [1.54, 1.807) is 36.4 Å². The molecule has 0 aliphatic rings. The van der Waals surface area contributed by atoms with Gasteiger partial charge in [-0.3, -0.25) is 0 Å². The van der Waals surface area contributed by atoms with E-state index in [2.05, 4.69) is 0 Å². The minimum Gasteiger partial charge on any atom is -0.0843 e. The molecule has 0 N–H and O–H groups in total. The molecule has 0 heterocycles. The summed E-state index contributed by atoms with van der Waals surface area (Å²) in [5, 5.41) is 2.71. The molecule has 0 atom stereocenters. The van der Waals surface area contributed by atoms with Gasteiger partial charge in [-0.1, -0.05) is 58.5 Å². The fraction of sp³-hybridized carbons (Fsp3) is 0. The summed E-state index contributed by atoms with van der Waals surface area (Å²) in [4.78, 5) is 0. The van der Waals surface area contributed by atoms with Crippen LogP contribution >= 0.6 is 46.4 Å². The SMILES string of the molecule is Clc1cccc(Cl)c1.Clc1cccc(Cl)c1.[Cr]. The van der Waals surface area contributed by atoms with Crippen molar-refractivity contribution in [1.82, 2.24) is 0 Å². The number of rotatable bonds is 0. The second kappa shape index (κ2) is 9.11. The van der Waals surface area contributed by atoms with Crippen LogP contribution < -0.4 is 0 Å². The Kier molecular flexibility index (Phi) is 9.19. The standard InChI is InChI=1S/2C6H4Cl2.Cr/c2*7-5-2-1-3-6(8)4-5;/h2*1-4H;. The molecule has 0 aliphatic carbocycles. The second-order valence-corrected chi connectivity index (χ2v) is 4.63. The number of hydrogen-bond donors (Lipinski definition) is 0. The van der Waals surface area contributed by atoms with Gasteiger partial charge < -0.3 is 0 Å². The number of hydrogen-bond acceptors (Lipinski definition) is 0. The topological polar surface area (TPSA) is 0 Å². The van der Waals surface area contributed by atoms with Crippen LogP contribution in [0.4, 0.5) is 0 Å². The molecule has 0 saturated heterocycles. The van der Waals surface area contributed by atoms with E-state index in [0.29, 0.717) is 20.1 Å². The summed E-state index contributed by atoms with van der Waals surface area (Å²) in [7, 11) is 0. The van der Waals surface area contributed by atoms with Crippen LogP contribution in [0.3, 0.4) is 0 Å². The van der Waals surface area contributed by atoms with Gasteiger partial charge in [0.2, 0.25) is 0 Å². The summed E-state index contributed by atoms with van der Waals surface area (Å²) in [5.41, 5.74) is 0. The Balaban J connectivity index is 0.000000284. The van der Waals surface area contributed by atoms with Crippen LogP contribution in [0.25, 0.3) is 0 Å². The molecule has 0 spiro atoms. The maximum atomic E-state index is 5.56. The Morgan fingerprint density at radius 2 is 0.765 bits per heavy atom. The smallest absolute Gasteiger partial charge is 0.0420 e. The molecule has 2 rings (SSSR count). The Morgan fingerprint density at radius 1 is 0.529 bits per heavy atom. The minimum atomic E-state index is 0. The number of halogens is 4. The first kappa shape index (κ1) is 17.1. The molecule has 2 aromatic rings. The van der Waals surface area contributed by atoms with Crippen molar-refractivity contribution < 1.29 is 17.4 Å². The summed E-state index contributed by atoms with van der Waals surface area (Å²) in [6, 6.07) is 14.2. The summed E-state index contributed by atoms with van der Waals surface area (Å²) in [5.74, 6) is 0. The molecule has 0 aliphatic heterocycles. The summed E-state index contributed by atoms with van der Waals surface area (Å²) >= 11 is 22.2. The van der Waals surface area contributed by atoms with Gasteiger partial charge in [0.1, 0.15) is 0 Å². The average molecular weight is 346 g/mol. The quantitative estimate of drug-likeness (QED) is 0.550. The zero-order valence-corrected chi connectivity index (χ0v) is 12.8. The maximum absolute atomic E-state index is 5.56. The van der Waals surface area contributed by atoms with E-state index >= 15 is 0 Å². The molecule has 0 amide bonds. The van der Waals surface area contributed by atoms with Gasteiger partial charge in [0.05, 0.1) is 0 Å². The maximum Gasteiger partial charge on any atom is 0.0420 e. The summed E-state index contributed by atoms with van der Waals surface area (Å²) < 4.78 is 0. The van der Waals surface area contributed by atoms with Crippen LogP contribution in [-0.2, 0) is 17.4 Å². The number of benzene rings is 2. The van der Waals surface area contributed by atoms with Crippen LogP contribution in [0.15, 0.2) is 48.5 Å². The fourth-order valence-corrected chi connectivity index (χ4v) is 1.79. The van der Waals surface area contributed by atoms with Crippen molar-refractivity contribution in [3.05, 3.63) is 68.6 Å². The molecule has 0 aromatic heterocycles. The third-order valence-corrected chi connectivity index (χ3v) is 2.51. The Hall–Kier alpha value is 0.132. The molecular weight excluding hydrogens is 338 g/mol. The first-order valence-electron chi connectivity index (χ1n) is 4.40. The van der Waals surface area contributed by atoms with E-state index in [9.17, 15) is 0 Å². The van der Waals surface area contributed by atoms with Crippen molar-refractivity contribution in [3.63, 3.8) is 0 Å². The van der Waals surface area contributed by atoms with Crippen molar-refractivity contribution in [2.45, 2.75) is 0 Å². The second-order valence-electron chi connectivity index (χ2n) is 2.88. The predicted molar refractivity (Wildman–Crippen MR) is 72.9 cm³/mol. The van der Waals surface area contributed by atoms with E-state index in [-0.39, 0.29) is 17.4 Å². The van der Waals surface area contributed by atoms with E-state index in [0.717, 1.165) is 0 Å². The summed E-state index contributed by atoms with van der Waals surface area (Å²) in [6.07, 6.45) is 0. The Labute approximate surface area is 132 Å². The molecule has 90 valence electrons. The van der Waals surface area contributed by atoms with Gasteiger partial charge in [0.15, 0.2) is 0 Å². The van der Waals surface area contributed by atoms with Crippen LogP contribution in [0.5, 0.6) is 0 Å². The van der Waals surface area contributed by atoms with Gasteiger partial charge >= 0.3 is 0 Å². The molecule has 5 heteroatoms. The molecule has 0 saturated carbocycles. The normalized spacial score (nSPS) is 8.71. The zero-order chi connectivity index (χ0) is 12.0. The van der Waals surface area contributed by atoms with Crippen molar-refractivity contribution >= 4 is 46.4 Å². The molecule has 17 heavy (non-hydrogen) atoms. The molecule has 0 bridgehead atoms. The van der Waals surface area contributed by atoms with Crippen molar-refractivity contribution in [1.29, 1.82) is 0 Å². The van der Waals surface area contributed by atoms with E-state index < -0.39 is 0 Å². The van der Waals surface area contributed by atoms with Gasteiger partial charge in [-0.15, -0.1) is 0 Å².